The molecule has 0 bridgehead atoms. The van der Waals surface area contributed by atoms with Gasteiger partial charge >= 0.3 is 6.36 Å². The van der Waals surface area contributed by atoms with Crippen molar-refractivity contribution < 1.29 is 17.9 Å². The normalized spacial score (nSPS) is 11.4. The molecule has 0 unspecified atom stereocenters. The summed E-state index contributed by atoms with van der Waals surface area (Å²) in [4.78, 5) is 3.95. The summed E-state index contributed by atoms with van der Waals surface area (Å²) in [5, 5.41) is 1.67. The zero-order valence-electron chi connectivity index (χ0n) is 7.86. The van der Waals surface area contributed by atoms with Crippen LogP contribution in [0.3, 0.4) is 0 Å². The van der Waals surface area contributed by atoms with Crippen LogP contribution in [0.4, 0.5) is 13.2 Å². The Bertz CT molecular complexity index is 467. The van der Waals surface area contributed by atoms with Crippen LogP contribution in [0.2, 0.25) is 0 Å². The van der Waals surface area contributed by atoms with Crippen LogP contribution in [0, 0.1) is 0 Å². The molecule has 84 valence electrons. The monoisotopic (exact) mass is 245 g/mol. The first-order valence-corrected chi connectivity index (χ1v) is 5.24. The largest absolute Gasteiger partial charge is 0.573 e. The van der Waals surface area contributed by atoms with Crippen molar-refractivity contribution in [3.8, 4) is 17.0 Å². The molecule has 0 saturated carbocycles. The number of hydrogen-bond acceptors (Lipinski definition) is 3. The zero-order chi connectivity index (χ0) is 11.6. The molecule has 0 radical (unpaired) electrons. The van der Waals surface area contributed by atoms with E-state index in [0.29, 0.717) is 11.3 Å². The molecule has 0 fully saturated rings. The van der Waals surface area contributed by atoms with Gasteiger partial charge in [-0.2, -0.15) is 0 Å². The Balaban J connectivity index is 2.39. The summed E-state index contributed by atoms with van der Waals surface area (Å²) >= 11 is 1.31. The minimum atomic E-state index is -4.69. The van der Waals surface area contributed by atoms with E-state index >= 15 is 0 Å². The third-order valence-corrected chi connectivity index (χ3v) is 2.41. The molecule has 2 aromatic rings. The third kappa shape index (κ3) is 2.52. The van der Waals surface area contributed by atoms with Crippen molar-refractivity contribution in [2.24, 2.45) is 0 Å². The maximum Gasteiger partial charge on any atom is 0.573 e. The van der Waals surface area contributed by atoms with Crippen molar-refractivity contribution in [1.82, 2.24) is 4.98 Å². The van der Waals surface area contributed by atoms with Gasteiger partial charge in [0.25, 0.3) is 0 Å². The molecule has 1 heterocycles. The molecule has 0 amide bonds. The second-order valence-electron chi connectivity index (χ2n) is 2.92. The quantitative estimate of drug-likeness (QED) is 0.804. The lowest BCUT2D eigenvalue weighted by Crippen LogP contribution is -2.17. The van der Waals surface area contributed by atoms with Crippen LogP contribution in [0.5, 0.6) is 5.75 Å². The molecule has 6 heteroatoms. The number of hydrogen-bond donors (Lipinski definition) is 0. The summed E-state index contributed by atoms with van der Waals surface area (Å²) in [6.07, 6.45) is -4.69. The number of para-hydroxylation sites is 1. The summed E-state index contributed by atoms with van der Waals surface area (Å²) < 4.78 is 40.3. The van der Waals surface area contributed by atoms with E-state index in [0.717, 1.165) is 0 Å². The Hall–Kier alpha value is -1.56. The van der Waals surface area contributed by atoms with Crippen molar-refractivity contribution >= 4 is 11.3 Å². The Kier molecular flexibility index (Phi) is 2.82. The van der Waals surface area contributed by atoms with E-state index in [1.54, 1.807) is 17.0 Å². The number of nitrogens with zero attached hydrogens (tertiary/aromatic N) is 1. The van der Waals surface area contributed by atoms with Gasteiger partial charge in [-0.05, 0) is 12.1 Å². The zero-order valence-corrected chi connectivity index (χ0v) is 8.68. The number of thiazole rings is 1. The summed E-state index contributed by atoms with van der Waals surface area (Å²) in [5.41, 5.74) is 2.37. The molecule has 2 rings (SSSR count). The fraction of sp³-hybridized carbons (Fsp3) is 0.100. The maximum absolute atomic E-state index is 12.1. The van der Waals surface area contributed by atoms with Gasteiger partial charge in [-0.25, -0.2) is 4.98 Å². The lowest BCUT2D eigenvalue weighted by Gasteiger charge is -2.11. The Morgan fingerprint density at radius 3 is 2.56 bits per heavy atom. The summed E-state index contributed by atoms with van der Waals surface area (Å²) in [6.45, 7) is 0. The molecule has 1 aromatic heterocycles. The van der Waals surface area contributed by atoms with Crippen LogP contribution in [0.1, 0.15) is 0 Å². The first-order chi connectivity index (χ1) is 7.56. The molecular weight excluding hydrogens is 239 g/mol. The van der Waals surface area contributed by atoms with Gasteiger partial charge in [0.1, 0.15) is 5.75 Å². The van der Waals surface area contributed by atoms with Gasteiger partial charge < -0.3 is 4.74 Å². The smallest absolute Gasteiger partial charge is 0.405 e. The molecule has 16 heavy (non-hydrogen) atoms. The van der Waals surface area contributed by atoms with Crippen LogP contribution in [0.25, 0.3) is 11.3 Å². The molecule has 0 N–H and O–H groups in total. The fourth-order valence-electron chi connectivity index (χ4n) is 1.24. The van der Waals surface area contributed by atoms with E-state index < -0.39 is 6.36 Å². The van der Waals surface area contributed by atoms with Crippen molar-refractivity contribution in [2.45, 2.75) is 6.36 Å². The van der Waals surface area contributed by atoms with Gasteiger partial charge in [0.2, 0.25) is 0 Å². The molecule has 0 aliphatic carbocycles. The Morgan fingerprint density at radius 2 is 1.94 bits per heavy atom. The average Bonchev–Trinajstić information content (AvgIpc) is 2.69. The summed E-state index contributed by atoms with van der Waals surface area (Å²) in [6, 6.07) is 5.92. The van der Waals surface area contributed by atoms with Crippen molar-refractivity contribution in [3.05, 3.63) is 35.2 Å². The first kappa shape index (κ1) is 10.9. The minimum Gasteiger partial charge on any atom is -0.405 e. The van der Waals surface area contributed by atoms with Crippen LogP contribution < -0.4 is 4.74 Å². The number of aromatic nitrogens is 1. The van der Waals surface area contributed by atoms with E-state index in [2.05, 4.69) is 9.72 Å². The molecule has 0 aliphatic rings. The van der Waals surface area contributed by atoms with E-state index in [1.807, 2.05) is 0 Å². The highest BCUT2D eigenvalue weighted by atomic mass is 32.1. The highest BCUT2D eigenvalue weighted by molar-refractivity contribution is 7.07. The molecule has 0 saturated heterocycles. The van der Waals surface area contributed by atoms with Crippen molar-refractivity contribution in [1.29, 1.82) is 0 Å². The maximum atomic E-state index is 12.1. The Morgan fingerprint density at radius 1 is 1.19 bits per heavy atom. The molecule has 0 spiro atoms. The van der Waals surface area contributed by atoms with Gasteiger partial charge in [-0.15, -0.1) is 24.5 Å². The Labute approximate surface area is 93.3 Å². The van der Waals surface area contributed by atoms with Crippen LogP contribution in [-0.2, 0) is 0 Å². The van der Waals surface area contributed by atoms with Crippen molar-refractivity contribution in [2.75, 3.05) is 0 Å². The molecule has 2 nitrogen and oxygen atoms in total. The predicted octanol–water partition coefficient (Wildman–Crippen LogP) is 3.71. The number of halogens is 3. The lowest BCUT2D eigenvalue weighted by atomic mass is 10.1. The molecular formula is C10H6F3NOS. The SMILES string of the molecule is FC(F)(F)Oc1ccccc1-c1cscn1. The lowest BCUT2D eigenvalue weighted by molar-refractivity contribution is -0.274. The van der Waals surface area contributed by atoms with E-state index in [-0.39, 0.29) is 5.75 Å². The second-order valence-corrected chi connectivity index (χ2v) is 3.64. The predicted molar refractivity (Wildman–Crippen MR) is 54.2 cm³/mol. The van der Waals surface area contributed by atoms with Crippen LogP contribution >= 0.6 is 11.3 Å². The van der Waals surface area contributed by atoms with Crippen LogP contribution in [0.15, 0.2) is 35.2 Å². The van der Waals surface area contributed by atoms with Gasteiger partial charge in [0.05, 0.1) is 11.2 Å². The van der Waals surface area contributed by atoms with Gasteiger partial charge in [-0.3, -0.25) is 0 Å². The number of alkyl halides is 3. The third-order valence-electron chi connectivity index (χ3n) is 1.82. The van der Waals surface area contributed by atoms with Gasteiger partial charge in [0, 0.05) is 10.9 Å². The first-order valence-electron chi connectivity index (χ1n) is 4.29. The summed E-state index contributed by atoms with van der Waals surface area (Å²) in [7, 11) is 0. The minimum absolute atomic E-state index is 0.235. The van der Waals surface area contributed by atoms with Gasteiger partial charge in [-0.1, -0.05) is 12.1 Å². The number of benzene rings is 1. The van der Waals surface area contributed by atoms with E-state index in [4.69, 9.17) is 0 Å². The van der Waals surface area contributed by atoms with Gasteiger partial charge in [0.15, 0.2) is 0 Å². The standard InChI is InChI=1S/C10H6F3NOS/c11-10(12,13)15-9-4-2-1-3-7(9)8-5-16-6-14-8/h1-6H. The molecule has 0 aliphatic heterocycles. The highest BCUT2D eigenvalue weighted by Gasteiger charge is 2.32. The average molecular weight is 245 g/mol. The number of ether oxygens (including phenoxy) is 1. The highest BCUT2D eigenvalue weighted by Crippen LogP contribution is 2.33. The summed E-state index contributed by atoms with van der Waals surface area (Å²) in [5.74, 6) is -0.235. The topological polar surface area (TPSA) is 22.1 Å². The fourth-order valence-corrected chi connectivity index (χ4v) is 1.79. The molecule has 1 aromatic carbocycles. The molecule has 0 atom stereocenters. The number of rotatable bonds is 2. The van der Waals surface area contributed by atoms with E-state index in [9.17, 15) is 13.2 Å². The van der Waals surface area contributed by atoms with Crippen LogP contribution in [-0.4, -0.2) is 11.3 Å². The van der Waals surface area contributed by atoms with E-state index in [1.165, 1.54) is 29.5 Å². The second kappa shape index (κ2) is 4.13. The van der Waals surface area contributed by atoms with Crippen molar-refractivity contribution in [3.63, 3.8) is 0 Å².